The van der Waals surface area contributed by atoms with Crippen molar-refractivity contribution < 1.29 is 9.53 Å². The topological polar surface area (TPSA) is 50.1 Å². The van der Waals surface area contributed by atoms with Crippen molar-refractivity contribution in [1.29, 1.82) is 0 Å². The number of hydrogen-bond acceptors (Lipinski definition) is 3. The Labute approximate surface area is 63.6 Å². The Morgan fingerprint density at radius 1 is 1.80 bits per heavy atom. The minimum atomic E-state index is -0.637. The fourth-order valence-corrected chi connectivity index (χ4v) is 1.50. The van der Waals surface area contributed by atoms with Crippen molar-refractivity contribution in [3.63, 3.8) is 0 Å². The van der Waals surface area contributed by atoms with Crippen molar-refractivity contribution in [3.05, 3.63) is 10.7 Å². The molecule has 1 N–H and O–H groups in total. The highest BCUT2D eigenvalue weighted by atomic mass is 32.2. The number of allylic oxidation sites excluding steroid dienone is 1. The van der Waals surface area contributed by atoms with Crippen molar-refractivity contribution >= 4 is 17.7 Å². The molecule has 1 amide bonds. The SMILES string of the molecule is CC1=C(C([NH])=O)SCCO1. The molecule has 1 heterocycles. The van der Waals surface area contributed by atoms with Gasteiger partial charge in [0.2, 0.25) is 0 Å². The van der Waals surface area contributed by atoms with Crippen molar-refractivity contribution in [3.8, 4) is 0 Å². The number of ether oxygens (including phenoxy) is 1. The van der Waals surface area contributed by atoms with Gasteiger partial charge in [-0.25, -0.2) is 0 Å². The monoisotopic (exact) mass is 158 g/mol. The van der Waals surface area contributed by atoms with Crippen LogP contribution in [0.3, 0.4) is 0 Å². The van der Waals surface area contributed by atoms with E-state index in [4.69, 9.17) is 10.5 Å². The summed E-state index contributed by atoms with van der Waals surface area (Å²) in [7, 11) is 0. The average Bonchev–Trinajstić information content (AvgIpc) is 1.88. The Morgan fingerprint density at radius 3 is 2.90 bits per heavy atom. The molecule has 0 bridgehead atoms. The van der Waals surface area contributed by atoms with E-state index in [1.807, 2.05) is 0 Å². The fraction of sp³-hybridized carbons (Fsp3) is 0.500. The normalized spacial score (nSPS) is 18.5. The molecule has 10 heavy (non-hydrogen) atoms. The minimum absolute atomic E-state index is 0.450. The molecule has 0 aliphatic carbocycles. The van der Waals surface area contributed by atoms with Gasteiger partial charge in [0.25, 0.3) is 5.91 Å². The zero-order valence-electron chi connectivity index (χ0n) is 5.64. The minimum Gasteiger partial charge on any atom is -0.496 e. The number of hydrogen-bond donors (Lipinski definition) is 0. The van der Waals surface area contributed by atoms with E-state index in [2.05, 4.69) is 0 Å². The summed E-state index contributed by atoms with van der Waals surface area (Å²) >= 11 is 1.40. The standard InChI is InChI=1S/C6H8NO2S/c1-4-5(6(7)8)10-3-2-9-4/h7H,2-3H2,1H3. The van der Waals surface area contributed by atoms with Crippen LogP contribution in [0, 0.1) is 0 Å². The molecule has 0 aromatic rings. The first-order valence-corrected chi connectivity index (χ1v) is 3.93. The Bertz CT molecular complexity index is 188. The molecule has 0 saturated heterocycles. The van der Waals surface area contributed by atoms with Gasteiger partial charge in [-0.1, -0.05) is 0 Å². The second-order valence-corrected chi connectivity index (χ2v) is 3.02. The van der Waals surface area contributed by atoms with Gasteiger partial charge in [0, 0.05) is 5.75 Å². The van der Waals surface area contributed by atoms with E-state index in [1.54, 1.807) is 6.92 Å². The molecule has 1 aliphatic heterocycles. The van der Waals surface area contributed by atoms with Gasteiger partial charge in [-0.05, 0) is 6.92 Å². The summed E-state index contributed by atoms with van der Waals surface area (Å²) in [5.74, 6) is 0.732. The summed E-state index contributed by atoms with van der Waals surface area (Å²) in [6.45, 7) is 2.36. The molecule has 1 aliphatic rings. The molecule has 0 aromatic heterocycles. The van der Waals surface area contributed by atoms with E-state index in [9.17, 15) is 4.79 Å². The van der Waals surface area contributed by atoms with Gasteiger partial charge in [0.1, 0.15) is 10.7 Å². The van der Waals surface area contributed by atoms with Crippen LogP contribution in [0.4, 0.5) is 0 Å². The fourth-order valence-electron chi connectivity index (χ4n) is 0.731. The van der Waals surface area contributed by atoms with Crippen LogP contribution in [0.2, 0.25) is 0 Å². The molecule has 0 aromatic carbocycles. The van der Waals surface area contributed by atoms with Crippen LogP contribution in [0.5, 0.6) is 0 Å². The molecule has 0 saturated carbocycles. The van der Waals surface area contributed by atoms with Crippen LogP contribution in [-0.4, -0.2) is 18.3 Å². The second-order valence-electron chi connectivity index (χ2n) is 1.91. The highest BCUT2D eigenvalue weighted by molar-refractivity contribution is 8.04. The lowest BCUT2D eigenvalue weighted by molar-refractivity contribution is -0.114. The van der Waals surface area contributed by atoms with E-state index in [-0.39, 0.29) is 0 Å². The maximum atomic E-state index is 10.5. The first kappa shape index (κ1) is 7.47. The van der Waals surface area contributed by atoms with Gasteiger partial charge < -0.3 is 4.74 Å². The number of rotatable bonds is 1. The molecule has 1 radical (unpaired) electrons. The lowest BCUT2D eigenvalue weighted by Gasteiger charge is -2.14. The highest BCUT2D eigenvalue weighted by Gasteiger charge is 2.15. The zero-order valence-corrected chi connectivity index (χ0v) is 6.46. The third-order valence-corrected chi connectivity index (χ3v) is 2.31. The summed E-state index contributed by atoms with van der Waals surface area (Å²) in [4.78, 5) is 11.0. The predicted molar refractivity (Wildman–Crippen MR) is 39.2 cm³/mol. The molecular weight excluding hydrogens is 150 g/mol. The van der Waals surface area contributed by atoms with Gasteiger partial charge >= 0.3 is 0 Å². The molecule has 1 rings (SSSR count). The third-order valence-electron chi connectivity index (χ3n) is 1.17. The van der Waals surface area contributed by atoms with Gasteiger partial charge in [0.05, 0.1) is 6.61 Å². The summed E-state index contributed by atoms with van der Waals surface area (Å²) in [6.07, 6.45) is 0. The third kappa shape index (κ3) is 1.44. The maximum Gasteiger partial charge on any atom is 0.279 e. The number of carbonyl (C=O) groups excluding carboxylic acids is 1. The first-order chi connectivity index (χ1) is 4.72. The lowest BCUT2D eigenvalue weighted by Crippen LogP contribution is -2.11. The summed E-state index contributed by atoms with van der Waals surface area (Å²) < 4.78 is 5.07. The van der Waals surface area contributed by atoms with Gasteiger partial charge in [-0.3, -0.25) is 10.5 Å². The molecular formula is C6H8NO2S. The maximum absolute atomic E-state index is 10.5. The zero-order chi connectivity index (χ0) is 7.56. The van der Waals surface area contributed by atoms with Crippen LogP contribution in [0.15, 0.2) is 10.7 Å². The van der Waals surface area contributed by atoms with Crippen molar-refractivity contribution in [1.82, 2.24) is 5.73 Å². The lowest BCUT2D eigenvalue weighted by atomic mass is 10.4. The molecule has 0 unspecified atom stereocenters. The number of amides is 1. The van der Waals surface area contributed by atoms with Crippen molar-refractivity contribution in [2.24, 2.45) is 0 Å². The quantitative estimate of drug-likeness (QED) is 0.567. The van der Waals surface area contributed by atoms with E-state index >= 15 is 0 Å². The number of thioether (sulfide) groups is 1. The van der Waals surface area contributed by atoms with Gasteiger partial charge in [-0.15, -0.1) is 11.8 Å². The van der Waals surface area contributed by atoms with Crippen molar-refractivity contribution in [2.45, 2.75) is 6.92 Å². The van der Waals surface area contributed by atoms with E-state index in [0.29, 0.717) is 17.3 Å². The van der Waals surface area contributed by atoms with Crippen LogP contribution >= 0.6 is 11.8 Å². The average molecular weight is 158 g/mol. The van der Waals surface area contributed by atoms with Gasteiger partial charge in [0.15, 0.2) is 0 Å². The van der Waals surface area contributed by atoms with Crippen LogP contribution < -0.4 is 5.73 Å². The van der Waals surface area contributed by atoms with E-state index in [1.165, 1.54) is 11.8 Å². The Kier molecular flexibility index (Phi) is 2.21. The summed E-state index contributed by atoms with van der Waals surface area (Å²) in [6, 6.07) is 0. The smallest absolute Gasteiger partial charge is 0.279 e. The van der Waals surface area contributed by atoms with E-state index in [0.717, 1.165) is 5.75 Å². The molecule has 55 valence electrons. The van der Waals surface area contributed by atoms with Crippen LogP contribution in [0.25, 0.3) is 0 Å². The Hall–Kier alpha value is -0.640. The summed E-state index contributed by atoms with van der Waals surface area (Å²) in [5.41, 5.74) is 6.80. The highest BCUT2D eigenvalue weighted by Crippen LogP contribution is 2.24. The number of nitrogens with one attached hydrogen (secondary N) is 1. The first-order valence-electron chi connectivity index (χ1n) is 2.94. The molecule has 0 spiro atoms. The molecule has 4 heteroatoms. The molecule has 0 fully saturated rings. The predicted octanol–water partition coefficient (Wildman–Crippen LogP) is 0.791. The van der Waals surface area contributed by atoms with E-state index < -0.39 is 5.91 Å². The van der Waals surface area contributed by atoms with Crippen LogP contribution in [0.1, 0.15) is 6.92 Å². The molecule has 0 atom stereocenters. The Morgan fingerprint density at radius 2 is 2.50 bits per heavy atom. The Balaban J connectivity index is 2.78. The number of carbonyl (C=O) groups is 1. The largest absolute Gasteiger partial charge is 0.496 e. The molecule has 3 nitrogen and oxygen atoms in total. The van der Waals surface area contributed by atoms with Crippen LogP contribution in [-0.2, 0) is 9.53 Å². The second kappa shape index (κ2) is 2.96. The van der Waals surface area contributed by atoms with Gasteiger partial charge in [-0.2, -0.15) is 0 Å². The van der Waals surface area contributed by atoms with Crippen molar-refractivity contribution in [2.75, 3.05) is 12.4 Å². The summed E-state index contributed by atoms with van der Waals surface area (Å²) in [5, 5.41) is 0.